The standard InChI is InChI=1S/C9H15F3N2O/c1-13(2)6-7-4-3-5-14(7)8(15)9(10,11)12/h7H,3-6H2,1-2H3. The Labute approximate surface area is 86.8 Å². The van der Waals surface area contributed by atoms with Crippen molar-refractivity contribution in [2.75, 3.05) is 27.2 Å². The van der Waals surface area contributed by atoms with Gasteiger partial charge in [-0.15, -0.1) is 0 Å². The van der Waals surface area contributed by atoms with Crippen LogP contribution < -0.4 is 0 Å². The molecule has 1 atom stereocenters. The second-order valence-electron chi connectivity index (χ2n) is 4.05. The molecular weight excluding hydrogens is 209 g/mol. The highest BCUT2D eigenvalue weighted by Gasteiger charge is 2.45. The summed E-state index contributed by atoms with van der Waals surface area (Å²) < 4.78 is 36.6. The molecular formula is C9H15F3N2O. The second-order valence-corrected chi connectivity index (χ2v) is 4.05. The Morgan fingerprint density at radius 2 is 2.07 bits per heavy atom. The number of halogens is 3. The number of carbonyl (C=O) groups excluding carboxylic acids is 1. The molecule has 1 aliphatic rings. The van der Waals surface area contributed by atoms with Gasteiger partial charge in [-0.25, -0.2) is 0 Å². The fourth-order valence-corrected chi connectivity index (χ4v) is 1.88. The number of alkyl halides is 3. The van der Waals surface area contributed by atoms with Crippen molar-refractivity contribution in [1.29, 1.82) is 0 Å². The summed E-state index contributed by atoms with van der Waals surface area (Å²) in [5, 5.41) is 0. The molecule has 0 aliphatic carbocycles. The van der Waals surface area contributed by atoms with Gasteiger partial charge in [0.15, 0.2) is 0 Å². The number of amides is 1. The van der Waals surface area contributed by atoms with E-state index in [1.807, 2.05) is 0 Å². The fraction of sp³-hybridized carbons (Fsp3) is 0.889. The molecule has 15 heavy (non-hydrogen) atoms. The highest BCUT2D eigenvalue weighted by atomic mass is 19.4. The average Bonchev–Trinajstić information content (AvgIpc) is 2.48. The average molecular weight is 224 g/mol. The third-order valence-electron chi connectivity index (χ3n) is 2.46. The Balaban J connectivity index is 2.64. The minimum atomic E-state index is -4.74. The third kappa shape index (κ3) is 3.09. The van der Waals surface area contributed by atoms with Crippen molar-refractivity contribution in [2.24, 2.45) is 0 Å². The van der Waals surface area contributed by atoms with Gasteiger partial charge in [-0.1, -0.05) is 0 Å². The number of likely N-dealkylation sites (N-methyl/N-ethyl adjacent to an activating group) is 1. The fourth-order valence-electron chi connectivity index (χ4n) is 1.88. The smallest absolute Gasteiger partial charge is 0.331 e. The molecule has 1 saturated heterocycles. The first-order valence-corrected chi connectivity index (χ1v) is 4.85. The zero-order valence-corrected chi connectivity index (χ0v) is 8.84. The van der Waals surface area contributed by atoms with Gasteiger partial charge in [-0.2, -0.15) is 13.2 Å². The maximum atomic E-state index is 12.2. The Kier molecular flexibility index (Phi) is 3.59. The van der Waals surface area contributed by atoms with Crippen molar-refractivity contribution in [1.82, 2.24) is 9.80 Å². The first-order valence-electron chi connectivity index (χ1n) is 4.85. The molecule has 0 bridgehead atoms. The van der Waals surface area contributed by atoms with Crippen LogP contribution in [0.2, 0.25) is 0 Å². The lowest BCUT2D eigenvalue weighted by Crippen LogP contribution is -2.47. The molecule has 1 heterocycles. The van der Waals surface area contributed by atoms with E-state index in [1.165, 1.54) is 0 Å². The molecule has 3 nitrogen and oxygen atoms in total. The first kappa shape index (κ1) is 12.3. The van der Waals surface area contributed by atoms with Crippen molar-refractivity contribution in [2.45, 2.75) is 25.1 Å². The van der Waals surface area contributed by atoms with Gasteiger partial charge >= 0.3 is 12.1 Å². The van der Waals surface area contributed by atoms with E-state index in [0.29, 0.717) is 19.4 Å². The minimum Gasteiger partial charge on any atom is -0.331 e. The molecule has 0 aromatic rings. The van der Waals surface area contributed by atoms with E-state index >= 15 is 0 Å². The van der Waals surface area contributed by atoms with Gasteiger partial charge in [0, 0.05) is 19.1 Å². The highest BCUT2D eigenvalue weighted by Crippen LogP contribution is 2.25. The lowest BCUT2D eigenvalue weighted by molar-refractivity contribution is -0.186. The van der Waals surface area contributed by atoms with Crippen molar-refractivity contribution in [3.63, 3.8) is 0 Å². The molecule has 0 saturated carbocycles. The minimum absolute atomic E-state index is 0.219. The van der Waals surface area contributed by atoms with E-state index in [1.54, 1.807) is 19.0 Å². The number of nitrogens with zero attached hydrogens (tertiary/aromatic N) is 2. The van der Waals surface area contributed by atoms with Crippen LogP contribution in [0, 0.1) is 0 Å². The predicted octanol–water partition coefficient (Wildman–Crippen LogP) is 1.10. The summed E-state index contributed by atoms with van der Waals surface area (Å²) in [5.41, 5.74) is 0. The molecule has 1 unspecified atom stereocenters. The quantitative estimate of drug-likeness (QED) is 0.701. The van der Waals surface area contributed by atoms with Crippen LogP contribution in [0.15, 0.2) is 0 Å². The molecule has 88 valence electrons. The third-order valence-corrected chi connectivity index (χ3v) is 2.46. The van der Waals surface area contributed by atoms with E-state index < -0.39 is 12.1 Å². The summed E-state index contributed by atoms with van der Waals surface area (Å²) >= 11 is 0. The summed E-state index contributed by atoms with van der Waals surface area (Å²) in [6.45, 7) is 0.707. The summed E-state index contributed by atoms with van der Waals surface area (Å²) in [6, 6.07) is -0.297. The number of carbonyl (C=O) groups is 1. The lowest BCUT2D eigenvalue weighted by Gasteiger charge is -2.27. The van der Waals surface area contributed by atoms with Gasteiger partial charge in [-0.3, -0.25) is 4.79 Å². The Morgan fingerprint density at radius 3 is 2.53 bits per heavy atom. The number of hydrogen-bond acceptors (Lipinski definition) is 2. The molecule has 1 aliphatic heterocycles. The normalized spacial score (nSPS) is 22.5. The van der Waals surface area contributed by atoms with Crippen LogP contribution in [-0.2, 0) is 4.79 Å². The van der Waals surface area contributed by atoms with E-state index in [2.05, 4.69) is 0 Å². The zero-order valence-electron chi connectivity index (χ0n) is 8.84. The number of rotatable bonds is 2. The zero-order chi connectivity index (χ0) is 11.6. The van der Waals surface area contributed by atoms with E-state index in [4.69, 9.17) is 0 Å². The Morgan fingerprint density at radius 1 is 1.47 bits per heavy atom. The summed E-state index contributed by atoms with van der Waals surface area (Å²) in [5.74, 6) is -1.70. The molecule has 0 aromatic carbocycles. The summed E-state index contributed by atoms with van der Waals surface area (Å²) in [7, 11) is 3.57. The second kappa shape index (κ2) is 4.38. The monoisotopic (exact) mass is 224 g/mol. The maximum Gasteiger partial charge on any atom is 0.471 e. The topological polar surface area (TPSA) is 23.6 Å². The van der Waals surface area contributed by atoms with Crippen molar-refractivity contribution in [3.8, 4) is 0 Å². The maximum absolute atomic E-state index is 12.2. The van der Waals surface area contributed by atoms with Gasteiger partial charge in [0.2, 0.25) is 0 Å². The predicted molar refractivity (Wildman–Crippen MR) is 49.3 cm³/mol. The molecule has 1 fully saturated rings. The van der Waals surface area contributed by atoms with Crippen LogP contribution in [0.1, 0.15) is 12.8 Å². The van der Waals surface area contributed by atoms with Gasteiger partial charge < -0.3 is 9.80 Å². The Hall–Kier alpha value is -0.780. The molecule has 0 spiro atoms. The number of hydrogen-bond donors (Lipinski definition) is 0. The van der Waals surface area contributed by atoms with Crippen molar-refractivity contribution < 1.29 is 18.0 Å². The van der Waals surface area contributed by atoms with E-state index in [0.717, 1.165) is 4.90 Å². The molecule has 1 amide bonds. The Bertz CT molecular complexity index is 240. The van der Waals surface area contributed by atoms with Crippen LogP contribution in [0.5, 0.6) is 0 Å². The molecule has 0 aromatic heterocycles. The van der Waals surface area contributed by atoms with Crippen molar-refractivity contribution in [3.05, 3.63) is 0 Å². The molecule has 1 rings (SSSR count). The van der Waals surface area contributed by atoms with Gasteiger partial charge in [-0.05, 0) is 26.9 Å². The molecule has 0 radical (unpaired) electrons. The largest absolute Gasteiger partial charge is 0.471 e. The van der Waals surface area contributed by atoms with Crippen molar-refractivity contribution >= 4 is 5.91 Å². The lowest BCUT2D eigenvalue weighted by atomic mass is 10.2. The van der Waals surface area contributed by atoms with Gasteiger partial charge in [0.05, 0.1) is 0 Å². The first-order chi connectivity index (χ1) is 6.82. The van der Waals surface area contributed by atoms with E-state index in [-0.39, 0.29) is 12.6 Å². The summed E-state index contributed by atoms with van der Waals surface area (Å²) in [6.07, 6.45) is -3.44. The van der Waals surface area contributed by atoms with Crippen LogP contribution in [0.3, 0.4) is 0 Å². The summed E-state index contributed by atoms with van der Waals surface area (Å²) in [4.78, 5) is 13.8. The van der Waals surface area contributed by atoms with Crippen LogP contribution >= 0.6 is 0 Å². The van der Waals surface area contributed by atoms with Crippen LogP contribution in [-0.4, -0.2) is 55.1 Å². The van der Waals surface area contributed by atoms with Gasteiger partial charge in [0.25, 0.3) is 0 Å². The number of likely N-dealkylation sites (tertiary alicyclic amines) is 1. The van der Waals surface area contributed by atoms with Crippen LogP contribution in [0.25, 0.3) is 0 Å². The van der Waals surface area contributed by atoms with E-state index in [9.17, 15) is 18.0 Å². The van der Waals surface area contributed by atoms with Crippen LogP contribution in [0.4, 0.5) is 13.2 Å². The molecule has 6 heteroatoms. The SMILES string of the molecule is CN(C)CC1CCCN1C(=O)C(F)(F)F. The molecule has 0 N–H and O–H groups in total. The van der Waals surface area contributed by atoms with Gasteiger partial charge in [0.1, 0.15) is 0 Å². The highest BCUT2D eigenvalue weighted by molar-refractivity contribution is 5.82.